The standard InChI is InChI=1S/C20H23N7O4S/c1-5-31-17-12-21-11-14(24-17)13-6-7-16(23-10-13)26-18(28)20(2,3)15-8-9-22-19(25-15)27-32(4,29)30/h6-12H,5H2,1-4H3,(H,22,25,27)(H,23,26,28). The highest BCUT2D eigenvalue weighted by Crippen LogP contribution is 2.25. The van der Waals surface area contributed by atoms with Crippen LogP contribution in [0.2, 0.25) is 0 Å². The molecule has 32 heavy (non-hydrogen) atoms. The molecule has 3 aromatic heterocycles. The van der Waals surface area contributed by atoms with E-state index in [-0.39, 0.29) is 11.9 Å². The van der Waals surface area contributed by atoms with Crippen molar-refractivity contribution < 1.29 is 17.9 Å². The molecular formula is C20H23N7O4S. The van der Waals surface area contributed by atoms with Crippen molar-refractivity contribution in [3.05, 3.63) is 48.7 Å². The predicted octanol–water partition coefficient (Wildman–Crippen LogP) is 2.02. The SMILES string of the molecule is CCOc1cncc(-c2ccc(NC(=O)C(C)(C)c3ccnc(NS(C)(=O)=O)n3)nc2)n1. The Kier molecular flexibility index (Phi) is 6.63. The van der Waals surface area contributed by atoms with Crippen LogP contribution in [0.1, 0.15) is 26.5 Å². The smallest absolute Gasteiger partial charge is 0.237 e. The van der Waals surface area contributed by atoms with Gasteiger partial charge in [-0.2, -0.15) is 0 Å². The zero-order chi connectivity index (χ0) is 23.4. The summed E-state index contributed by atoms with van der Waals surface area (Å²) in [5.74, 6) is 0.270. The van der Waals surface area contributed by atoms with E-state index in [4.69, 9.17) is 4.74 Å². The van der Waals surface area contributed by atoms with Crippen molar-refractivity contribution in [1.82, 2.24) is 24.9 Å². The molecule has 0 aliphatic heterocycles. The van der Waals surface area contributed by atoms with Crippen molar-refractivity contribution in [3.63, 3.8) is 0 Å². The van der Waals surface area contributed by atoms with Gasteiger partial charge in [0.15, 0.2) is 0 Å². The summed E-state index contributed by atoms with van der Waals surface area (Å²) in [5, 5.41) is 2.75. The van der Waals surface area contributed by atoms with E-state index >= 15 is 0 Å². The summed E-state index contributed by atoms with van der Waals surface area (Å²) in [7, 11) is -3.54. The van der Waals surface area contributed by atoms with Gasteiger partial charge in [-0.15, -0.1) is 0 Å². The molecule has 0 aliphatic rings. The number of pyridine rings is 1. The highest BCUT2D eigenvalue weighted by atomic mass is 32.2. The lowest BCUT2D eigenvalue weighted by Crippen LogP contribution is -2.36. The summed E-state index contributed by atoms with van der Waals surface area (Å²) >= 11 is 0. The second kappa shape index (κ2) is 9.22. The second-order valence-electron chi connectivity index (χ2n) is 7.33. The summed E-state index contributed by atoms with van der Waals surface area (Å²) in [5.41, 5.74) is 0.557. The number of carbonyl (C=O) groups is 1. The largest absolute Gasteiger partial charge is 0.477 e. The normalized spacial score (nSPS) is 11.6. The van der Waals surface area contributed by atoms with Crippen LogP contribution in [0, 0.1) is 0 Å². The third kappa shape index (κ3) is 5.72. The molecule has 3 heterocycles. The molecule has 0 aromatic carbocycles. The lowest BCUT2D eigenvalue weighted by Gasteiger charge is -2.23. The Morgan fingerprint density at radius 2 is 1.88 bits per heavy atom. The van der Waals surface area contributed by atoms with Crippen molar-refractivity contribution in [2.75, 3.05) is 22.9 Å². The molecule has 0 unspecified atom stereocenters. The molecule has 0 bridgehead atoms. The molecule has 0 saturated carbocycles. The molecule has 0 spiro atoms. The number of nitrogens with one attached hydrogen (secondary N) is 2. The Labute approximate surface area is 185 Å². The van der Waals surface area contributed by atoms with Crippen molar-refractivity contribution >= 4 is 27.7 Å². The van der Waals surface area contributed by atoms with Crippen molar-refractivity contribution in [2.45, 2.75) is 26.2 Å². The Morgan fingerprint density at radius 3 is 2.53 bits per heavy atom. The molecule has 1 amide bonds. The van der Waals surface area contributed by atoms with Crippen molar-refractivity contribution in [2.24, 2.45) is 0 Å². The van der Waals surface area contributed by atoms with Gasteiger partial charge in [0.05, 0.1) is 42.1 Å². The molecule has 0 fully saturated rings. The van der Waals surface area contributed by atoms with Gasteiger partial charge in [-0.05, 0) is 39.0 Å². The summed E-state index contributed by atoms with van der Waals surface area (Å²) in [4.78, 5) is 33.7. The first-order chi connectivity index (χ1) is 15.1. The van der Waals surface area contributed by atoms with Crippen LogP contribution in [0.5, 0.6) is 5.88 Å². The Hall–Kier alpha value is -3.67. The molecule has 3 rings (SSSR count). The van der Waals surface area contributed by atoms with E-state index in [1.165, 1.54) is 12.4 Å². The number of anilines is 2. The first-order valence-corrected chi connectivity index (χ1v) is 11.5. The molecule has 11 nitrogen and oxygen atoms in total. The van der Waals surface area contributed by atoms with Gasteiger partial charge in [0.1, 0.15) is 5.82 Å². The van der Waals surface area contributed by atoms with Crippen LogP contribution in [0.3, 0.4) is 0 Å². The lowest BCUT2D eigenvalue weighted by molar-refractivity contribution is -0.120. The van der Waals surface area contributed by atoms with Crippen molar-refractivity contribution in [3.8, 4) is 17.1 Å². The van der Waals surface area contributed by atoms with Gasteiger partial charge in [0, 0.05) is 18.0 Å². The minimum Gasteiger partial charge on any atom is -0.477 e. The van der Waals surface area contributed by atoms with Crippen LogP contribution in [-0.2, 0) is 20.2 Å². The Morgan fingerprint density at radius 1 is 1.09 bits per heavy atom. The summed E-state index contributed by atoms with van der Waals surface area (Å²) < 4.78 is 30.4. The zero-order valence-electron chi connectivity index (χ0n) is 18.0. The van der Waals surface area contributed by atoms with Gasteiger partial charge < -0.3 is 10.1 Å². The van der Waals surface area contributed by atoms with E-state index in [0.29, 0.717) is 35.3 Å². The summed E-state index contributed by atoms with van der Waals surface area (Å²) in [6.07, 6.45) is 7.07. The van der Waals surface area contributed by atoms with E-state index in [1.807, 2.05) is 6.92 Å². The van der Waals surface area contributed by atoms with Crippen LogP contribution in [-0.4, -0.2) is 52.1 Å². The van der Waals surface area contributed by atoms with Gasteiger partial charge in [-0.1, -0.05) is 0 Å². The fourth-order valence-electron chi connectivity index (χ4n) is 2.63. The van der Waals surface area contributed by atoms with Gasteiger partial charge in [0.25, 0.3) is 0 Å². The monoisotopic (exact) mass is 457 g/mol. The summed E-state index contributed by atoms with van der Waals surface area (Å²) in [6.45, 7) is 5.67. The lowest BCUT2D eigenvalue weighted by atomic mass is 9.88. The first-order valence-electron chi connectivity index (χ1n) is 9.62. The van der Waals surface area contributed by atoms with E-state index in [1.54, 1.807) is 44.4 Å². The Bertz CT molecular complexity index is 1210. The first kappa shape index (κ1) is 23.0. The number of rotatable bonds is 8. The van der Waals surface area contributed by atoms with Crippen molar-refractivity contribution in [1.29, 1.82) is 0 Å². The van der Waals surface area contributed by atoms with Gasteiger partial charge in [-0.3, -0.25) is 14.5 Å². The number of amides is 1. The van der Waals surface area contributed by atoms with E-state index in [9.17, 15) is 13.2 Å². The minimum absolute atomic E-state index is 0.108. The maximum atomic E-state index is 12.9. The average Bonchev–Trinajstić information content (AvgIpc) is 2.74. The second-order valence-corrected chi connectivity index (χ2v) is 9.07. The molecule has 2 N–H and O–H groups in total. The quantitative estimate of drug-likeness (QED) is 0.518. The number of sulfonamides is 1. The van der Waals surface area contributed by atoms with Gasteiger partial charge in [0.2, 0.25) is 27.8 Å². The molecule has 12 heteroatoms. The third-order valence-corrected chi connectivity index (χ3v) is 4.90. The predicted molar refractivity (Wildman–Crippen MR) is 119 cm³/mol. The van der Waals surface area contributed by atoms with Gasteiger partial charge >= 0.3 is 0 Å². The minimum atomic E-state index is -3.54. The average molecular weight is 458 g/mol. The van der Waals surface area contributed by atoms with E-state index in [2.05, 4.69) is 35.0 Å². The van der Waals surface area contributed by atoms with Crippen LogP contribution < -0.4 is 14.8 Å². The molecule has 0 atom stereocenters. The number of carbonyl (C=O) groups excluding carboxylic acids is 1. The maximum absolute atomic E-state index is 12.9. The molecule has 3 aromatic rings. The highest BCUT2D eigenvalue weighted by molar-refractivity contribution is 7.91. The maximum Gasteiger partial charge on any atom is 0.237 e. The molecular weight excluding hydrogens is 434 g/mol. The number of hydrogen-bond acceptors (Lipinski definition) is 9. The third-order valence-electron chi connectivity index (χ3n) is 4.35. The highest BCUT2D eigenvalue weighted by Gasteiger charge is 2.32. The number of ether oxygens (including phenoxy) is 1. The fourth-order valence-corrected chi connectivity index (χ4v) is 3.06. The molecule has 0 saturated heterocycles. The fraction of sp³-hybridized carbons (Fsp3) is 0.300. The molecule has 168 valence electrons. The van der Waals surface area contributed by atoms with E-state index in [0.717, 1.165) is 6.26 Å². The Balaban J connectivity index is 1.75. The van der Waals surface area contributed by atoms with Gasteiger partial charge in [-0.25, -0.2) is 28.4 Å². The molecule has 0 radical (unpaired) electrons. The van der Waals surface area contributed by atoms with Crippen LogP contribution in [0.25, 0.3) is 11.3 Å². The van der Waals surface area contributed by atoms with Crippen LogP contribution in [0.4, 0.5) is 11.8 Å². The number of nitrogens with zero attached hydrogens (tertiary/aromatic N) is 5. The molecule has 0 aliphatic carbocycles. The van der Waals surface area contributed by atoms with Crippen LogP contribution in [0.15, 0.2) is 43.0 Å². The summed E-state index contributed by atoms with van der Waals surface area (Å²) in [6, 6.07) is 4.96. The van der Waals surface area contributed by atoms with E-state index < -0.39 is 15.4 Å². The topological polar surface area (TPSA) is 149 Å². The zero-order valence-corrected chi connectivity index (χ0v) is 18.8. The number of hydrogen-bond donors (Lipinski definition) is 2. The van der Waals surface area contributed by atoms with Crippen LogP contribution >= 0.6 is 0 Å². The number of aromatic nitrogens is 5.